The fraction of sp³-hybridized carbons (Fsp3) is 0.444. The van der Waals surface area contributed by atoms with E-state index in [9.17, 15) is 18.0 Å². The van der Waals surface area contributed by atoms with E-state index in [4.69, 9.17) is 4.74 Å². The van der Waals surface area contributed by atoms with Crippen molar-refractivity contribution in [3.8, 4) is 22.6 Å². The van der Waals surface area contributed by atoms with Gasteiger partial charge in [-0.25, -0.2) is 19.7 Å². The van der Waals surface area contributed by atoms with E-state index >= 15 is 0 Å². The van der Waals surface area contributed by atoms with Crippen molar-refractivity contribution in [2.75, 3.05) is 18.4 Å². The molecule has 40 heavy (non-hydrogen) atoms. The van der Waals surface area contributed by atoms with E-state index in [1.54, 1.807) is 55.6 Å². The van der Waals surface area contributed by atoms with Crippen molar-refractivity contribution < 1.29 is 22.7 Å². The molecule has 212 valence electrons. The maximum absolute atomic E-state index is 14.0. The maximum atomic E-state index is 14.0. The summed E-state index contributed by atoms with van der Waals surface area (Å²) in [5.74, 6) is 1.32. The van der Waals surface area contributed by atoms with Crippen LogP contribution in [0, 0.1) is 6.92 Å². The second kappa shape index (κ2) is 10.1. The summed E-state index contributed by atoms with van der Waals surface area (Å²) in [6.45, 7) is 8.09. The number of amides is 1. The van der Waals surface area contributed by atoms with Gasteiger partial charge in [-0.3, -0.25) is 4.68 Å². The first-order valence-corrected chi connectivity index (χ1v) is 13.0. The number of fused-ring (bicyclic) bond motifs is 1. The molecule has 4 aromatic rings. The lowest BCUT2D eigenvalue weighted by Gasteiger charge is -2.34. The Balaban J connectivity index is 1.44. The highest BCUT2D eigenvalue weighted by Crippen LogP contribution is 2.39. The third kappa shape index (κ3) is 5.73. The highest BCUT2D eigenvalue weighted by molar-refractivity contribution is 5.97. The predicted molar refractivity (Wildman–Crippen MR) is 144 cm³/mol. The number of carbonyl (C=O) groups is 1. The number of hydrogen-bond acceptors (Lipinski definition) is 7. The summed E-state index contributed by atoms with van der Waals surface area (Å²) in [5, 5.41) is 8.08. The summed E-state index contributed by atoms with van der Waals surface area (Å²) >= 11 is 0. The molecule has 0 radical (unpaired) electrons. The first kappa shape index (κ1) is 27.4. The number of alkyl halides is 3. The van der Waals surface area contributed by atoms with Gasteiger partial charge in [0, 0.05) is 60.6 Å². The van der Waals surface area contributed by atoms with Crippen molar-refractivity contribution in [1.82, 2.24) is 34.6 Å². The van der Waals surface area contributed by atoms with Gasteiger partial charge >= 0.3 is 12.3 Å². The SMILES string of the molecule is Cc1nc(-c2ccc3c(-c4nc(N[C@H]5CCCN(C(=O)OC(C)(C)C)C5)ncc4C(F)(F)F)c[nH]c3c2)nn1C. The Bertz CT molecular complexity index is 1530. The molecular weight excluding hydrogens is 525 g/mol. The monoisotopic (exact) mass is 556 g/mol. The normalized spacial score (nSPS) is 16.4. The molecule has 0 bridgehead atoms. The van der Waals surface area contributed by atoms with E-state index < -0.39 is 23.4 Å². The molecule has 0 aliphatic carbocycles. The summed E-state index contributed by atoms with van der Waals surface area (Å²) in [6.07, 6.45) is -1.37. The van der Waals surface area contributed by atoms with Gasteiger partial charge in [-0.05, 0) is 46.6 Å². The average molecular weight is 557 g/mol. The first-order chi connectivity index (χ1) is 18.8. The molecule has 1 aliphatic rings. The predicted octanol–water partition coefficient (Wildman–Crippen LogP) is 5.56. The Labute approximate surface area is 229 Å². The number of likely N-dealkylation sites (tertiary alicyclic amines) is 1. The van der Waals surface area contributed by atoms with Crippen LogP contribution in [0.4, 0.5) is 23.9 Å². The number of nitrogens with zero attached hydrogens (tertiary/aromatic N) is 6. The number of ether oxygens (including phenoxy) is 1. The van der Waals surface area contributed by atoms with E-state index in [2.05, 4.69) is 30.4 Å². The number of nitrogens with one attached hydrogen (secondary N) is 2. The molecule has 2 N–H and O–H groups in total. The van der Waals surface area contributed by atoms with Crippen LogP contribution in [0.1, 0.15) is 45.0 Å². The largest absolute Gasteiger partial charge is 0.444 e. The number of carbonyl (C=O) groups excluding carboxylic acids is 1. The van der Waals surface area contributed by atoms with Gasteiger partial charge in [-0.2, -0.15) is 18.3 Å². The van der Waals surface area contributed by atoms with Crippen LogP contribution in [0.25, 0.3) is 33.5 Å². The van der Waals surface area contributed by atoms with Gasteiger partial charge in [0.2, 0.25) is 5.95 Å². The van der Waals surface area contributed by atoms with Crippen LogP contribution in [0.3, 0.4) is 0 Å². The Hall–Kier alpha value is -4.16. The molecule has 1 aliphatic heterocycles. The lowest BCUT2D eigenvalue weighted by atomic mass is 10.0. The van der Waals surface area contributed by atoms with Gasteiger partial charge in [0.15, 0.2) is 5.82 Å². The Morgan fingerprint density at radius 2 is 1.98 bits per heavy atom. The van der Waals surface area contributed by atoms with Crippen molar-refractivity contribution in [3.63, 3.8) is 0 Å². The van der Waals surface area contributed by atoms with Crippen LogP contribution in [-0.2, 0) is 18.0 Å². The van der Waals surface area contributed by atoms with Gasteiger partial charge in [-0.15, -0.1) is 0 Å². The van der Waals surface area contributed by atoms with Crippen LogP contribution in [-0.4, -0.2) is 65.4 Å². The van der Waals surface area contributed by atoms with Gasteiger partial charge in [0.05, 0.1) is 5.69 Å². The van der Waals surface area contributed by atoms with Crippen molar-refractivity contribution in [2.24, 2.45) is 7.05 Å². The number of rotatable bonds is 4. The van der Waals surface area contributed by atoms with Gasteiger partial charge in [-0.1, -0.05) is 12.1 Å². The Morgan fingerprint density at radius 1 is 1.20 bits per heavy atom. The van der Waals surface area contributed by atoms with Crippen LogP contribution in [0.15, 0.2) is 30.6 Å². The van der Waals surface area contributed by atoms with E-state index in [0.29, 0.717) is 48.2 Å². The number of aryl methyl sites for hydroxylation is 2. The smallest absolute Gasteiger partial charge is 0.419 e. The Kier molecular flexibility index (Phi) is 6.92. The van der Waals surface area contributed by atoms with Crippen molar-refractivity contribution >= 4 is 22.9 Å². The zero-order chi connectivity index (χ0) is 28.8. The number of aromatic amines is 1. The Morgan fingerprint density at radius 3 is 2.65 bits per heavy atom. The quantitative estimate of drug-likeness (QED) is 0.338. The van der Waals surface area contributed by atoms with E-state index in [1.165, 1.54) is 6.20 Å². The molecule has 4 heterocycles. The molecular formula is C27H31F3N8O2. The molecule has 0 spiro atoms. The molecule has 0 saturated carbocycles. The number of H-pyrrole nitrogens is 1. The van der Waals surface area contributed by atoms with E-state index in [0.717, 1.165) is 17.6 Å². The van der Waals surface area contributed by atoms with Crippen LogP contribution in [0.5, 0.6) is 0 Å². The molecule has 5 rings (SSSR count). The topological polar surface area (TPSA) is 114 Å². The number of benzene rings is 1. The van der Waals surface area contributed by atoms with Gasteiger partial charge < -0.3 is 19.9 Å². The molecule has 1 saturated heterocycles. The minimum atomic E-state index is -4.66. The summed E-state index contributed by atoms with van der Waals surface area (Å²) in [6, 6.07) is 5.06. The molecule has 0 unspecified atom stereocenters. The van der Waals surface area contributed by atoms with Crippen molar-refractivity contribution in [3.05, 3.63) is 42.0 Å². The minimum absolute atomic E-state index is 0.0539. The number of halogens is 3. The number of piperidine rings is 1. The fourth-order valence-electron chi connectivity index (χ4n) is 4.68. The third-order valence-corrected chi connectivity index (χ3v) is 6.68. The molecule has 1 amide bonds. The van der Waals surface area contributed by atoms with Gasteiger partial charge in [0.25, 0.3) is 0 Å². The second-order valence-corrected chi connectivity index (χ2v) is 10.9. The highest BCUT2D eigenvalue weighted by Gasteiger charge is 2.36. The third-order valence-electron chi connectivity index (χ3n) is 6.68. The van der Waals surface area contributed by atoms with E-state index in [1.807, 2.05) is 6.92 Å². The van der Waals surface area contributed by atoms with Crippen molar-refractivity contribution in [2.45, 2.75) is 58.4 Å². The fourth-order valence-corrected chi connectivity index (χ4v) is 4.68. The second-order valence-electron chi connectivity index (χ2n) is 10.9. The zero-order valence-corrected chi connectivity index (χ0v) is 22.9. The molecule has 10 nitrogen and oxygen atoms in total. The minimum Gasteiger partial charge on any atom is -0.444 e. The highest BCUT2D eigenvalue weighted by atomic mass is 19.4. The van der Waals surface area contributed by atoms with E-state index in [-0.39, 0.29) is 17.7 Å². The summed E-state index contributed by atoms with van der Waals surface area (Å²) < 4.78 is 49.3. The lowest BCUT2D eigenvalue weighted by Crippen LogP contribution is -2.47. The number of aromatic nitrogens is 6. The lowest BCUT2D eigenvalue weighted by molar-refractivity contribution is -0.137. The molecule has 1 atom stereocenters. The number of hydrogen-bond donors (Lipinski definition) is 2. The van der Waals surface area contributed by atoms with Crippen molar-refractivity contribution in [1.29, 1.82) is 0 Å². The van der Waals surface area contributed by atoms with Crippen LogP contribution < -0.4 is 5.32 Å². The van der Waals surface area contributed by atoms with Crippen LogP contribution >= 0.6 is 0 Å². The molecule has 1 fully saturated rings. The molecule has 13 heteroatoms. The maximum Gasteiger partial charge on any atom is 0.419 e. The summed E-state index contributed by atoms with van der Waals surface area (Å²) in [4.78, 5) is 29.9. The average Bonchev–Trinajstić information content (AvgIpc) is 3.44. The summed E-state index contributed by atoms with van der Waals surface area (Å²) in [7, 11) is 1.79. The number of anilines is 1. The first-order valence-electron chi connectivity index (χ1n) is 13.0. The summed E-state index contributed by atoms with van der Waals surface area (Å²) in [5.41, 5.74) is -0.157. The van der Waals surface area contributed by atoms with Crippen LogP contribution in [0.2, 0.25) is 0 Å². The van der Waals surface area contributed by atoms with Gasteiger partial charge in [0.1, 0.15) is 17.0 Å². The molecule has 1 aromatic carbocycles. The standard InChI is InChI=1S/C27H31F3N8O2/c1-15-33-23(36-37(15)5)16-8-9-18-19(12-31-21(18)11-16)22-20(27(28,29)30)13-32-24(35-22)34-17-7-6-10-38(14-17)25(39)40-26(2,3)4/h8-9,11-13,17,31H,6-7,10,14H2,1-5H3,(H,32,34,35)/t17-/m0/s1. The molecule has 3 aromatic heterocycles. The zero-order valence-electron chi connectivity index (χ0n) is 22.9.